The molecule has 0 atom stereocenters. The molecule has 0 amide bonds. The lowest BCUT2D eigenvalue weighted by Crippen LogP contribution is -2.64. The second-order valence-corrected chi connectivity index (χ2v) is 24.2. The van der Waals surface area contributed by atoms with Crippen molar-refractivity contribution in [2.75, 3.05) is 9.80 Å². The van der Waals surface area contributed by atoms with Crippen LogP contribution in [-0.2, 0) is 32.5 Å². The van der Waals surface area contributed by atoms with E-state index >= 15 is 0 Å². The Hall–Kier alpha value is -5.55. The van der Waals surface area contributed by atoms with Crippen molar-refractivity contribution in [3.05, 3.63) is 154 Å². The zero-order valence-electron chi connectivity index (χ0n) is 41.1. The first kappa shape index (κ1) is 42.1. The third-order valence-corrected chi connectivity index (χ3v) is 16.6. The molecule has 2 aliphatic heterocycles. The molecule has 0 spiro atoms. The van der Waals surface area contributed by atoms with E-state index in [2.05, 4.69) is 215 Å². The van der Waals surface area contributed by atoms with Crippen LogP contribution in [0.2, 0.25) is 0 Å². The molecule has 0 bridgehead atoms. The predicted molar refractivity (Wildman–Crippen MR) is 276 cm³/mol. The van der Waals surface area contributed by atoms with Gasteiger partial charge in [-0.25, -0.2) is 4.98 Å². The minimum Gasteiger partial charge on any atom is -0.468 e. The van der Waals surface area contributed by atoms with Gasteiger partial charge in [-0.2, -0.15) is 0 Å². The Balaban J connectivity index is 1.30. The van der Waals surface area contributed by atoms with Crippen molar-refractivity contribution < 1.29 is 4.42 Å². The highest BCUT2D eigenvalue weighted by Gasteiger charge is 2.52. The fourth-order valence-electron chi connectivity index (χ4n) is 12.2. The maximum atomic E-state index is 7.44. The number of hydrogen-bond acceptors (Lipinski definition) is 4. The van der Waals surface area contributed by atoms with Crippen LogP contribution in [0.3, 0.4) is 0 Å². The maximum absolute atomic E-state index is 7.44. The molecule has 0 saturated heterocycles. The van der Waals surface area contributed by atoms with Crippen molar-refractivity contribution in [2.45, 2.75) is 148 Å². The van der Waals surface area contributed by atoms with Crippen molar-refractivity contribution in [3.8, 4) is 0 Å². The van der Waals surface area contributed by atoms with Crippen LogP contribution in [0.15, 0.2) is 120 Å². The summed E-state index contributed by atoms with van der Waals surface area (Å²) in [6.45, 7) is 31.3. The van der Waals surface area contributed by atoms with Crippen LogP contribution in [0.1, 0.15) is 155 Å². The van der Waals surface area contributed by atoms with Crippen LogP contribution < -0.4 is 26.4 Å². The number of hydrogen-bond donors (Lipinski definition) is 0. The summed E-state index contributed by atoms with van der Waals surface area (Å²) in [5.74, 6) is 1.89. The first-order valence-electron chi connectivity index (χ1n) is 24.3. The third-order valence-electron chi connectivity index (χ3n) is 16.6. The van der Waals surface area contributed by atoms with Crippen LogP contribution in [0.5, 0.6) is 0 Å². The number of benzene rings is 5. The van der Waals surface area contributed by atoms with Gasteiger partial charge >= 0.3 is 0 Å². The van der Waals surface area contributed by atoms with Gasteiger partial charge in [0.05, 0.1) is 11.3 Å². The van der Waals surface area contributed by atoms with Crippen LogP contribution in [0, 0.1) is 0 Å². The van der Waals surface area contributed by atoms with Crippen molar-refractivity contribution in [1.82, 2.24) is 4.98 Å². The van der Waals surface area contributed by atoms with E-state index < -0.39 is 0 Å². The van der Waals surface area contributed by atoms with Gasteiger partial charge < -0.3 is 4.42 Å². The first-order valence-corrected chi connectivity index (χ1v) is 24.3. The Bertz CT molecular complexity index is 3030. The summed E-state index contributed by atoms with van der Waals surface area (Å²) in [5, 5.41) is 1.14. The predicted octanol–water partition coefficient (Wildman–Crippen LogP) is 14.2. The zero-order chi connectivity index (χ0) is 45.8. The lowest BCUT2D eigenvalue weighted by atomic mass is 9.31. The molecule has 11 rings (SSSR count). The summed E-state index contributed by atoms with van der Waals surface area (Å²) < 4.78 is 7.44. The minimum atomic E-state index is -0.365. The summed E-state index contributed by atoms with van der Waals surface area (Å²) in [5.41, 5.74) is 18.6. The van der Waals surface area contributed by atoms with E-state index in [9.17, 15) is 0 Å². The van der Waals surface area contributed by atoms with Crippen molar-refractivity contribution in [1.29, 1.82) is 0 Å². The van der Waals surface area contributed by atoms with Crippen LogP contribution in [0.4, 0.5) is 34.4 Å². The lowest BCUT2D eigenvalue weighted by Gasteiger charge is -2.47. The molecule has 330 valence electrons. The highest BCUT2D eigenvalue weighted by atomic mass is 16.3. The summed E-state index contributed by atoms with van der Waals surface area (Å²) in [4.78, 5) is 10.9. The molecule has 4 heterocycles. The molecular weight excluding hydrogens is 789 g/mol. The average molecular weight is 856 g/mol. The second-order valence-electron chi connectivity index (χ2n) is 24.2. The number of rotatable bonds is 4. The number of pyridine rings is 1. The normalized spacial score (nSPS) is 19.2. The van der Waals surface area contributed by atoms with Gasteiger partial charge in [0.1, 0.15) is 17.2 Å². The Morgan fingerprint density at radius 2 is 1.12 bits per heavy atom. The zero-order valence-corrected chi connectivity index (χ0v) is 41.1. The van der Waals surface area contributed by atoms with Gasteiger partial charge in [0, 0.05) is 27.9 Å². The monoisotopic (exact) mass is 856 g/mol. The number of furan rings is 1. The van der Waals surface area contributed by atoms with E-state index in [4.69, 9.17) is 9.40 Å². The fraction of sp³-hybridized carbons (Fsp3) is 0.383. The molecule has 2 aromatic heterocycles. The van der Waals surface area contributed by atoms with Gasteiger partial charge in [0.15, 0.2) is 0 Å². The molecule has 4 nitrogen and oxygen atoms in total. The molecule has 4 aliphatic rings. The Kier molecular flexibility index (Phi) is 8.91. The molecule has 2 aliphatic carbocycles. The molecule has 0 fully saturated rings. The molecule has 5 heteroatoms. The van der Waals surface area contributed by atoms with Gasteiger partial charge in [0.2, 0.25) is 0 Å². The van der Waals surface area contributed by atoms with E-state index in [1.54, 1.807) is 0 Å². The number of nitrogens with zero attached hydrogens (tertiary/aromatic N) is 3. The van der Waals surface area contributed by atoms with E-state index in [1.165, 1.54) is 62.7 Å². The lowest BCUT2D eigenvalue weighted by molar-refractivity contribution is 0.331. The Morgan fingerprint density at radius 1 is 0.569 bits per heavy atom. The van der Waals surface area contributed by atoms with Gasteiger partial charge in [-0.3, -0.25) is 9.80 Å². The quantitative estimate of drug-likeness (QED) is 0.165. The molecule has 7 aromatic rings. The molecule has 0 unspecified atom stereocenters. The highest BCUT2D eigenvalue weighted by molar-refractivity contribution is 6.98. The molecule has 0 saturated carbocycles. The average Bonchev–Trinajstić information content (AvgIpc) is 3.64. The molecule has 5 aromatic carbocycles. The van der Waals surface area contributed by atoms with E-state index in [0.29, 0.717) is 0 Å². The largest absolute Gasteiger partial charge is 0.468 e. The summed E-state index contributed by atoms with van der Waals surface area (Å²) in [7, 11) is 0. The van der Waals surface area contributed by atoms with Gasteiger partial charge in [-0.1, -0.05) is 156 Å². The highest BCUT2D eigenvalue weighted by Crippen LogP contribution is 2.53. The van der Waals surface area contributed by atoms with Crippen molar-refractivity contribution >= 4 is 68.7 Å². The van der Waals surface area contributed by atoms with Gasteiger partial charge in [-0.15, -0.1) is 0 Å². The maximum Gasteiger partial charge on any atom is 0.295 e. The standard InChI is InChI=1S/C60H66BN3O/c1-55(2,3)37-24-27-49-41(32-37)52-53(65-49)61-48-35-45-44(58(8,9)30-31-59(45,10)11)34-46(48)60(12,13)47-36-50(63(38-20-16-14-17-21-38)39-22-18-15-19-23-39)62-54(51(47)61)64(52)40-25-26-42-43(33-40)57(6,7)29-28-56(42,4)5/h14-27,32-36H,28-31H2,1-13H3. The van der Waals surface area contributed by atoms with Gasteiger partial charge in [-0.05, 0) is 152 Å². The molecule has 0 radical (unpaired) electrons. The number of anilines is 6. The Labute approximate surface area is 388 Å². The van der Waals surface area contributed by atoms with Crippen molar-refractivity contribution in [2.24, 2.45) is 0 Å². The van der Waals surface area contributed by atoms with Crippen LogP contribution in [-0.4, -0.2) is 11.7 Å². The first-order chi connectivity index (χ1) is 30.6. The summed E-state index contributed by atoms with van der Waals surface area (Å²) in [6, 6.07) is 43.5. The van der Waals surface area contributed by atoms with Crippen molar-refractivity contribution in [3.63, 3.8) is 0 Å². The number of fused-ring (bicyclic) bond motifs is 8. The number of aromatic nitrogens is 1. The van der Waals surface area contributed by atoms with E-state index in [-0.39, 0.29) is 39.2 Å². The molecule has 65 heavy (non-hydrogen) atoms. The minimum absolute atomic E-state index is 0.0204. The molecular formula is C60H66BN3O. The van der Waals surface area contributed by atoms with Gasteiger partial charge in [0.25, 0.3) is 6.71 Å². The second kappa shape index (κ2) is 13.8. The summed E-state index contributed by atoms with van der Waals surface area (Å²) in [6.07, 6.45) is 4.64. The summed E-state index contributed by atoms with van der Waals surface area (Å²) >= 11 is 0. The van der Waals surface area contributed by atoms with Crippen LogP contribution in [0.25, 0.3) is 11.0 Å². The molecule has 0 N–H and O–H groups in total. The van der Waals surface area contributed by atoms with E-state index in [0.717, 1.165) is 63.9 Å². The number of para-hydroxylation sites is 2. The topological polar surface area (TPSA) is 32.5 Å². The SMILES string of the molecule is CC(C)(C)c1ccc2oc3c(c2c1)N(c1ccc2c(c1)C(C)(C)CCC2(C)C)c1nc(N(c2ccccc2)c2ccccc2)cc2c1B3c1cc3c(cc1C2(C)C)C(C)(C)CCC3(C)C. The van der Waals surface area contributed by atoms with Crippen LogP contribution >= 0.6 is 0 Å². The Morgan fingerprint density at radius 3 is 1.71 bits per heavy atom. The third kappa shape index (κ3) is 6.26. The van der Waals surface area contributed by atoms with E-state index in [1.807, 2.05) is 0 Å². The fourth-order valence-corrected chi connectivity index (χ4v) is 12.2. The smallest absolute Gasteiger partial charge is 0.295 e.